The Bertz CT molecular complexity index is 116. The van der Waals surface area contributed by atoms with Gasteiger partial charge >= 0.3 is 0 Å². The molecule has 4 heteroatoms. The van der Waals surface area contributed by atoms with Crippen molar-refractivity contribution in [3.8, 4) is 0 Å². The van der Waals surface area contributed by atoms with E-state index in [2.05, 4.69) is 9.84 Å². The predicted octanol–water partition coefficient (Wildman–Crippen LogP) is 0.998. The number of rotatable bonds is 4. The molecular weight excluding hydrogens is 161 g/mol. The van der Waals surface area contributed by atoms with Crippen molar-refractivity contribution in [2.75, 3.05) is 33.4 Å². The summed E-state index contributed by atoms with van der Waals surface area (Å²) in [5.41, 5.74) is 0. The molecule has 0 saturated carbocycles. The summed E-state index contributed by atoms with van der Waals surface area (Å²) in [6.07, 6.45) is 1.41. The molecule has 0 spiro atoms. The van der Waals surface area contributed by atoms with Crippen molar-refractivity contribution in [3.05, 3.63) is 0 Å². The average molecular weight is 177 g/mol. The second-order valence-electron chi connectivity index (χ2n) is 3.12. The highest BCUT2D eigenvalue weighted by molar-refractivity contribution is 4.71. The monoisotopic (exact) mass is 177 g/mol. The molecule has 0 amide bonds. The number of nitrogens with zero attached hydrogens (tertiary/aromatic N) is 1. The second kappa shape index (κ2) is 5.45. The molecule has 72 valence electrons. The molecule has 0 aromatic rings. The van der Waals surface area contributed by atoms with Crippen molar-refractivity contribution in [3.63, 3.8) is 0 Å². The van der Waals surface area contributed by atoms with E-state index in [-0.39, 0.29) is 6.10 Å². The number of halogens is 1. The first-order valence-electron chi connectivity index (χ1n) is 4.35. The van der Waals surface area contributed by atoms with Crippen LogP contribution in [0.1, 0.15) is 12.8 Å². The summed E-state index contributed by atoms with van der Waals surface area (Å²) in [5, 5.41) is 0. The van der Waals surface area contributed by atoms with E-state index in [0.29, 0.717) is 0 Å². The zero-order chi connectivity index (χ0) is 8.81. The van der Waals surface area contributed by atoms with Crippen molar-refractivity contribution in [2.45, 2.75) is 18.9 Å². The molecule has 1 aliphatic rings. The van der Waals surface area contributed by atoms with Crippen LogP contribution in [0.3, 0.4) is 0 Å². The molecule has 0 aromatic carbocycles. The first-order valence-corrected chi connectivity index (χ1v) is 4.35. The van der Waals surface area contributed by atoms with Gasteiger partial charge in [-0.05, 0) is 17.4 Å². The Labute approximate surface area is 72.3 Å². The van der Waals surface area contributed by atoms with Crippen LogP contribution in [0.15, 0.2) is 0 Å². The maximum absolute atomic E-state index is 11.7. The summed E-state index contributed by atoms with van der Waals surface area (Å²) in [5.74, 6) is 0. The van der Waals surface area contributed by atoms with Crippen LogP contribution in [0.5, 0.6) is 0 Å². The van der Waals surface area contributed by atoms with Crippen LogP contribution >= 0.6 is 0 Å². The Morgan fingerprint density at radius 1 is 1.42 bits per heavy atom. The number of ether oxygens (including phenoxy) is 1. The largest absolute Gasteiger partial charge is 0.383 e. The number of piperidine rings is 1. The molecule has 0 aliphatic carbocycles. The van der Waals surface area contributed by atoms with E-state index in [9.17, 15) is 4.53 Å². The predicted molar refractivity (Wildman–Crippen MR) is 43.5 cm³/mol. The Morgan fingerprint density at radius 2 is 2.08 bits per heavy atom. The van der Waals surface area contributed by atoms with Crippen LogP contribution in [-0.2, 0) is 9.68 Å². The van der Waals surface area contributed by atoms with Gasteiger partial charge in [0.1, 0.15) is 6.10 Å². The molecular formula is C8H16FNO2. The van der Waals surface area contributed by atoms with Crippen molar-refractivity contribution >= 4 is 0 Å². The van der Waals surface area contributed by atoms with Gasteiger partial charge in [0.2, 0.25) is 0 Å². The van der Waals surface area contributed by atoms with Crippen LogP contribution in [0, 0.1) is 0 Å². The van der Waals surface area contributed by atoms with E-state index in [1.54, 1.807) is 7.11 Å². The molecule has 0 N–H and O–H groups in total. The molecule has 1 saturated heterocycles. The molecule has 0 unspecified atom stereocenters. The standard InChI is InChI=1S/C8H16FNO2/c1-11-7-6-10-4-2-8(12-9)3-5-10/h8H,2-7H2,1H3. The molecule has 0 radical (unpaired) electrons. The number of likely N-dealkylation sites (tertiary alicyclic amines) is 1. The minimum atomic E-state index is -0.177. The third-order valence-corrected chi connectivity index (χ3v) is 2.27. The molecule has 1 fully saturated rings. The van der Waals surface area contributed by atoms with Gasteiger partial charge in [0.25, 0.3) is 0 Å². The SMILES string of the molecule is COCCN1CCC(OF)CC1. The fourth-order valence-corrected chi connectivity index (χ4v) is 1.44. The topological polar surface area (TPSA) is 21.7 Å². The zero-order valence-corrected chi connectivity index (χ0v) is 7.46. The van der Waals surface area contributed by atoms with Crippen LogP contribution in [0.25, 0.3) is 0 Å². The third-order valence-electron chi connectivity index (χ3n) is 2.27. The molecule has 1 rings (SSSR count). The molecule has 1 heterocycles. The smallest absolute Gasteiger partial charge is 0.101 e. The number of hydrogen-bond acceptors (Lipinski definition) is 3. The van der Waals surface area contributed by atoms with E-state index in [1.807, 2.05) is 0 Å². The summed E-state index contributed by atoms with van der Waals surface area (Å²) < 4.78 is 16.7. The van der Waals surface area contributed by atoms with Gasteiger partial charge in [-0.3, -0.25) is 0 Å². The van der Waals surface area contributed by atoms with Gasteiger partial charge < -0.3 is 9.64 Å². The van der Waals surface area contributed by atoms with Gasteiger partial charge in [0.05, 0.1) is 6.61 Å². The Morgan fingerprint density at radius 3 is 2.58 bits per heavy atom. The Hall–Kier alpha value is -0.190. The van der Waals surface area contributed by atoms with Crippen LogP contribution < -0.4 is 0 Å². The van der Waals surface area contributed by atoms with Crippen LogP contribution in [0.4, 0.5) is 4.53 Å². The van der Waals surface area contributed by atoms with Crippen molar-refractivity contribution < 1.29 is 14.2 Å². The Balaban J connectivity index is 2.09. The quantitative estimate of drug-likeness (QED) is 0.639. The second-order valence-corrected chi connectivity index (χ2v) is 3.12. The Kier molecular flexibility index (Phi) is 4.50. The van der Waals surface area contributed by atoms with Gasteiger partial charge in [-0.25, -0.2) is 0 Å². The number of hydrogen-bond donors (Lipinski definition) is 0. The van der Waals surface area contributed by atoms with E-state index in [1.165, 1.54) is 0 Å². The lowest BCUT2D eigenvalue weighted by Gasteiger charge is -2.29. The molecule has 0 aromatic heterocycles. The number of methoxy groups -OCH3 is 1. The molecule has 3 nitrogen and oxygen atoms in total. The minimum Gasteiger partial charge on any atom is -0.383 e. The third kappa shape index (κ3) is 3.05. The summed E-state index contributed by atoms with van der Waals surface area (Å²) in [4.78, 5) is 6.05. The average Bonchev–Trinajstić information content (AvgIpc) is 2.15. The first-order chi connectivity index (χ1) is 5.86. The normalized spacial score (nSPS) is 21.5. The van der Waals surface area contributed by atoms with E-state index in [4.69, 9.17) is 4.74 Å². The lowest BCUT2D eigenvalue weighted by atomic mass is 10.1. The van der Waals surface area contributed by atoms with Gasteiger partial charge in [0, 0.05) is 26.7 Å². The fourth-order valence-electron chi connectivity index (χ4n) is 1.44. The first kappa shape index (κ1) is 9.89. The summed E-state index contributed by atoms with van der Waals surface area (Å²) >= 11 is 0. The molecule has 0 atom stereocenters. The van der Waals surface area contributed by atoms with Gasteiger partial charge in [-0.2, -0.15) is 4.94 Å². The van der Waals surface area contributed by atoms with E-state index < -0.39 is 0 Å². The summed E-state index contributed by atoms with van der Waals surface area (Å²) in [6, 6.07) is 0. The highest BCUT2D eigenvalue weighted by atomic mass is 19.3. The highest BCUT2D eigenvalue weighted by Gasteiger charge is 2.19. The highest BCUT2D eigenvalue weighted by Crippen LogP contribution is 2.13. The van der Waals surface area contributed by atoms with E-state index >= 15 is 0 Å². The van der Waals surface area contributed by atoms with E-state index in [0.717, 1.165) is 39.1 Å². The van der Waals surface area contributed by atoms with Crippen molar-refractivity contribution in [2.24, 2.45) is 0 Å². The van der Waals surface area contributed by atoms with Gasteiger partial charge in [-0.1, -0.05) is 0 Å². The zero-order valence-electron chi connectivity index (χ0n) is 7.46. The summed E-state index contributed by atoms with van der Waals surface area (Å²) in [6.45, 7) is 3.52. The molecule has 0 bridgehead atoms. The maximum Gasteiger partial charge on any atom is 0.101 e. The molecule has 12 heavy (non-hydrogen) atoms. The fraction of sp³-hybridized carbons (Fsp3) is 1.00. The van der Waals surface area contributed by atoms with Crippen molar-refractivity contribution in [1.29, 1.82) is 0 Å². The van der Waals surface area contributed by atoms with Crippen molar-refractivity contribution in [1.82, 2.24) is 4.90 Å². The van der Waals surface area contributed by atoms with Gasteiger partial charge in [0.15, 0.2) is 0 Å². The minimum absolute atomic E-state index is 0.177. The summed E-state index contributed by atoms with van der Waals surface area (Å²) in [7, 11) is 1.69. The maximum atomic E-state index is 11.7. The van der Waals surface area contributed by atoms with Crippen LogP contribution in [-0.4, -0.2) is 44.4 Å². The lowest BCUT2D eigenvalue weighted by Crippen LogP contribution is -2.38. The van der Waals surface area contributed by atoms with Gasteiger partial charge in [-0.15, -0.1) is 0 Å². The van der Waals surface area contributed by atoms with Crippen LogP contribution in [0.2, 0.25) is 0 Å². The lowest BCUT2D eigenvalue weighted by molar-refractivity contribution is -0.191. The molecule has 1 aliphatic heterocycles.